The van der Waals surface area contributed by atoms with Crippen molar-refractivity contribution in [2.24, 2.45) is 5.92 Å². The molecule has 1 amide bonds. The molecular weight excluding hydrogens is 364 g/mol. The summed E-state index contributed by atoms with van der Waals surface area (Å²) in [6.45, 7) is 7.75. The molecule has 29 heavy (non-hydrogen) atoms. The van der Waals surface area contributed by atoms with Crippen LogP contribution in [0.4, 0.5) is 11.5 Å². The van der Waals surface area contributed by atoms with Crippen LogP contribution in [0.3, 0.4) is 0 Å². The summed E-state index contributed by atoms with van der Waals surface area (Å²) in [5.41, 5.74) is 5.10. The van der Waals surface area contributed by atoms with E-state index in [9.17, 15) is 4.79 Å². The second kappa shape index (κ2) is 8.07. The molecule has 3 aromatic rings. The average molecular weight is 390 g/mol. The first-order valence-corrected chi connectivity index (χ1v) is 10.0. The zero-order valence-corrected chi connectivity index (χ0v) is 17.1. The van der Waals surface area contributed by atoms with Crippen molar-refractivity contribution in [2.75, 3.05) is 23.3 Å². The van der Waals surface area contributed by atoms with E-state index in [-0.39, 0.29) is 11.8 Å². The Morgan fingerprint density at radius 1 is 1.07 bits per heavy atom. The van der Waals surface area contributed by atoms with Gasteiger partial charge in [-0.3, -0.25) is 4.79 Å². The summed E-state index contributed by atoms with van der Waals surface area (Å²) < 4.78 is 5.36. The predicted octanol–water partition coefficient (Wildman–Crippen LogP) is 4.52. The standard InChI is InChI=1S/C23H26N4O2/c1-15-13-16(2)22(17(3)14-15)24-23(28)18-8-10-27(11-9-18)21-7-6-19(25-26-21)20-5-4-12-29-20/h4-7,12-14,18H,8-11H2,1-3H3,(H,24,28). The van der Waals surface area contributed by atoms with Crippen LogP contribution in [0.5, 0.6) is 0 Å². The molecule has 6 heteroatoms. The fourth-order valence-electron chi connectivity index (χ4n) is 4.02. The predicted molar refractivity (Wildman–Crippen MR) is 114 cm³/mol. The van der Waals surface area contributed by atoms with Crippen LogP contribution in [-0.4, -0.2) is 29.2 Å². The number of piperidine rings is 1. The van der Waals surface area contributed by atoms with Crippen molar-refractivity contribution in [3.63, 3.8) is 0 Å². The number of nitrogens with one attached hydrogen (secondary N) is 1. The van der Waals surface area contributed by atoms with E-state index in [0.29, 0.717) is 5.76 Å². The van der Waals surface area contributed by atoms with Gasteiger partial charge in [0.05, 0.1) is 6.26 Å². The number of benzene rings is 1. The lowest BCUT2D eigenvalue weighted by atomic mass is 9.95. The van der Waals surface area contributed by atoms with Gasteiger partial charge in [-0.05, 0) is 69.0 Å². The Morgan fingerprint density at radius 2 is 1.79 bits per heavy atom. The molecule has 1 aliphatic heterocycles. The molecular formula is C23H26N4O2. The maximum Gasteiger partial charge on any atom is 0.227 e. The van der Waals surface area contributed by atoms with Gasteiger partial charge in [-0.15, -0.1) is 10.2 Å². The van der Waals surface area contributed by atoms with Gasteiger partial charge in [-0.25, -0.2) is 0 Å². The molecule has 1 fully saturated rings. The van der Waals surface area contributed by atoms with Crippen molar-refractivity contribution in [3.8, 4) is 11.5 Å². The second-order valence-electron chi connectivity index (χ2n) is 7.78. The van der Waals surface area contributed by atoms with Gasteiger partial charge < -0.3 is 14.6 Å². The molecule has 1 N–H and O–H groups in total. The maximum absolute atomic E-state index is 12.8. The van der Waals surface area contributed by atoms with E-state index in [1.807, 2.05) is 38.1 Å². The third-order valence-electron chi connectivity index (χ3n) is 5.54. The Hall–Kier alpha value is -3.15. The summed E-state index contributed by atoms with van der Waals surface area (Å²) in [6, 6.07) is 11.8. The number of hydrogen-bond donors (Lipinski definition) is 1. The number of rotatable bonds is 4. The van der Waals surface area contributed by atoms with Crippen molar-refractivity contribution < 1.29 is 9.21 Å². The van der Waals surface area contributed by atoms with Crippen molar-refractivity contribution in [1.29, 1.82) is 0 Å². The lowest BCUT2D eigenvalue weighted by molar-refractivity contribution is -0.120. The Morgan fingerprint density at radius 3 is 2.38 bits per heavy atom. The van der Waals surface area contributed by atoms with Gasteiger partial charge in [0.15, 0.2) is 11.6 Å². The number of aryl methyl sites for hydroxylation is 3. The fourth-order valence-corrected chi connectivity index (χ4v) is 4.02. The van der Waals surface area contributed by atoms with Gasteiger partial charge in [0, 0.05) is 24.7 Å². The van der Waals surface area contributed by atoms with Crippen LogP contribution in [0.2, 0.25) is 0 Å². The molecule has 1 aliphatic rings. The van der Waals surface area contributed by atoms with E-state index in [2.05, 4.69) is 39.5 Å². The highest BCUT2D eigenvalue weighted by Crippen LogP contribution is 2.27. The number of nitrogens with zero attached hydrogens (tertiary/aromatic N) is 3. The van der Waals surface area contributed by atoms with Gasteiger partial charge in [0.1, 0.15) is 5.69 Å². The van der Waals surface area contributed by atoms with Gasteiger partial charge in [-0.2, -0.15) is 0 Å². The molecule has 4 rings (SSSR count). The van der Waals surface area contributed by atoms with Gasteiger partial charge in [0.2, 0.25) is 5.91 Å². The highest BCUT2D eigenvalue weighted by atomic mass is 16.3. The summed E-state index contributed by atoms with van der Waals surface area (Å²) in [5, 5.41) is 11.8. The molecule has 0 atom stereocenters. The smallest absolute Gasteiger partial charge is 0.227 e. The number of anilines is 2. The van der Waals surface area contributed by atoms with Crippen LogP contribution < -0.4 is 10.2 Å². The minimum absolute atomic E-state index is 0.0155. The molecule has 1 aromatic carbocycles. The molecule has 0 unspecified atom stereocenters. The third-order valence-corrected chi connectivity index (χ3v) is 5.54. The molecule has 1 saturated heterocycles. The van der Waals surface area contributed by atoms with E-state index < -0.39 is 0 Å². The molecule has 150 valence electrons. The normalized spacial score (nSPS) is 14.8. The molecule has 0 radical (unpaired) electrons. The second-order valence-corrected chi connectivity index (χ2v) is 7.78. The number of hydrogen-bond acceptors (Lipinski definition) is 5. The Kier molecular flexibility index (Phi) is 5.34. The van der Waals surface area contributed by atoms with Crippen LogP contribution >= 0.6 is 0 Å². The zero-order valence-electron chi connectivity index (χ0n) is 17.1. The minimum atomic E-state index is 0.0155. The van der Waals surface area contributed by atoms with Gasteiger partial charge in [0.25, 0.3) is 0 Å². The van der Waals surface area contributed by atoms with E-state index in [0.717, 1.165) is 54.3 Å². The molecule has 2 aromatic heterocycles. The van der Waals surface area contributed by atoms with Crippen molar-refractivity contribution >= 4 is 17.4 Å². The summed E-state index contributed by atoms with van der Waals surface area (Å²) in [4.78, 5) is 15.0. The van der Waals surface area contributed by atoms with E-state index >= 15 is 0 Å². The largest absolute Gasteiger partial charge is 0.463 e. The Balaban J connectivity index is 1.36. The first-order chi connectivity index (χ1) is 14.0. The average Bonchev–Trinajstić information content (AvgIpc) is 3.26. The molecule has 0 saturated carbocycles. The quantitative estimate of drug-likeness (QED) is 0.709. The first kappa shape index (κ1) is 19.2. The number of furan rings is 1. The molecule has 3 heterocycles. The number of aromatic nitrogens is 2. The first-order valence-electron chi connectivity index (χ1n) is 10.0. The van der Waals surface area contributed by atoms with Crippen LogP contribution in [-0.2, 0) is 4.79 Å². The van der Waals surface area contributed by atoms with Gasteiger partial charge in [-0.1, -0.05) is 17.7 Å². The van der Waals surface area contributed by atoms with E-state index in [4.69, 9.17) is 4.42 Å². The fraction of sp³-hybridized carbons (Fsp3) is 0.348. The number of amides is 1. The summed E-state index contributed by atoms with van der Waals surface area (Å²) in [5.74, 6) is 1.67. The molecule has 0 spiro atoms. The van der Waals surface area contributed by atoms with Crippen LogP contribution in [0.25, 0.3) is 11.5 Å². The SMILES string of the molecule is Cc1cc(C)c(NC(=O)C2CCN(c3ccc(-c4ccco4)nn3)CC2)c(C)c1. The highest BCUT2D eigenvalue weighted by molar-refractivity contribution is 5.94. The lowest BCUT2D eigenvalue weighted by Gasteiger charge is -2.32. The third kappa shape index (κ3) is 4.16. The topological polar surface area (TPSA) is 71.3 Å². The Bertz CT molecular complexity index is 965. The van der Waals surface area contributed by atoms with Crippen LogP contribution in [0.15, 0.2) is 47.1 Å². The molecule has 0 bridgehead atoms. The lowest BCUT2D eigenvalue weighted by Crippen LogP contribution is -2.38. The van der Waals surface area contributed by atoms with Crippen LogP contribution in [0.1, 0.15) is 29.5 Å². The summed E-state index contributed by atoms with van der Waals surface area (Å²) >= 11 is 0. The van der Waals surface area contributed by atoms with Crippen molar-refractivity contribution in [2.45, 2.75) is 33.6 Å². The molecule has 6 nitrogen and oxygen atoms in total. The van der Waals surface area contributed by atoms with Gasteiger partial charge >= 0.3 is 0 Å². The summed E-state index contributed by atoms with van der Waals surface area (Å²) in [6.07, 6.45) is 3.23. The number of carbonyl (C=O) groups is 1. The highest BCUT2D eigenvalue weighted by Gasteiger charge is 2.26. The van der Waals surface area contributed by atoms with Crippen molar-refractivity contribution in [1.82, 2.24) is 10.2 Å². The van der Waals surface area contributed by atoms with E-state index in [1.54, 1.807) is 6.26 Å². The number of carbonyl (C=O) groups excluding carboxylic acids is 1. The molecule has 0 aliphatic carbocycles. The van der Waals surface area contributed by atoms with Crippen LogP contribution in [0, 0.1) is 26.7 Å². The van der Waals surface area contributed by atoms with Crippen molar-refractivity contribution in [3.05, 3.63) is 59.4 Å². The maximum atomic E-state index is 12.8. The van der Waals surface area contributed by atoms with E-state index in [1.165, 1.54) is 5.56 Å². The summed E-state index contributed by atoms with van der Waals surface area (Å²) in [7, 11) is 0. The minimum Gasteiger partial charge on any atom is -0.463 e. The monoisotopic (exact) mass is 390 g/mol. The Labute approximate surface area is 170 Å². The zero-order chi connectivity index (χ0) is 20.4.